The standard InChI is InChI=1S/C13H13BrCl2N2S/c1-18(6-10-4-9(14)7-19-10)5-8-2-11(15)13(17)12(16)3-8/h2-4,7H,5-6,17H2,1H3. The summed E-state index contributed by atoms with van der Waals surface area (Å²) in [4.78, 5) is 3.51. The number of rotatable bonds is 4. The Hall–Kier alpha value is -0.260. The molecule has 2 aromatic rings. The van der Waals surface area contributed by atoms with Crippen LogP contribution in [0.15, 0.2) is 28.1 Å². The van der Waals surface area contributed by atoms with Gasteiger partial charge in [-0.3, -0.25) is 4.90 Å². The van der Waals surface area contributed by atoms with Gasteiger partial charge in [-0.2, -0.15) is 0 Å². The van der Waals surface area contributed by atoms with Gasteiger partial charge >= 0.3 is 0 Å². The first-order chi connectivity index (χ1) is 8.95. The minimum absolute atomic E-state index is 0.442. The fraction of sp³-hybridized carbons (Fsp3) is 0.231. The zero-order valence-electron chi connectivity index (χ0n) is 10.3. The molecule has 19 heavy (non-hydrogen) atoms. The van der Waals surface area contributed by atoms with Gasteiger partial charge in [-0.25, -0.2) is 0 Å². The first-order valence-electron chi connectivity index (χ1n) is 5.60. The van der Waals surface area contributed by atoms with Crippen molar-refractivity contribution in [1.82, 2.24) is 4.90 Å². The van der Waals surface area contributed by atoms with Gasteiger partial charge in [0.2, 0.25) is 0 Å². The molecule has 0 bridgehead atoms. The van der Waals surface area contributed by atoms with Crippen LogP contribution in [0.4, 0.5) is 5.69 Å². The Labute approximate surface area is 135 Å². The first kappa shape index (κ1) is 15.1. The number of anilines is 1. The third kappa shape index (κ3) is 4.10. The predicted molar refractivity (Wildman–Crippen MR) is 88.1 cm³/mol. The van der Waals surface area contributed by atoms with Crippen molar-refractivity contribution in [2.75, 3.05) is 12.8 Å². The van der Waals surface area contributed by atoms with Crippen LogP contribution in [0.25, 0.3) is 0 Å². The summed E-state index contributed by atoms with van der Waals surface area (Å²) in [6, 6.07) is 5.86. The van der Waals surface area contributed by atoms with Gasteiger partial charge in [-0.1, -0.05) is 23.2 Å². The summed E-state index contributed by atoms with van der Waals surface area (Å²) < 4.78 is 1.12. The molecule has 0 spiro atoms. The molecule has 0 amide bonds. The molecule has 0 saturated heterocycles. The van der Waals surface area contributed by atoms with Gasteiger partial charge in [0.15, 0.2) is 0 Å². The van der Waals surface area contributed by atoms with Crippen LogP contribution in [0.3, 0.4) is 0 Å². The molecule has 0 saturated carbocycles. The summed E-state index contributed by atoms with van der Waals surface area (Å²) in [5, 5.41) is 3.10. The summed E-state index contributed by atoms with van der Waals surface area (Å²) in [6.07, 6.45) is 0. The Balaban J connectivity index is 2.04. The molecule has 2 nitrogen and oxygen atoms in total. The Morgan fingerprint density at radius 3 is 2.37 bits per heavy atom. The summed E-state index contributed by atoms with van der Waals surface area (Å²) in [5.41, 5.74) is 7.23. The highest BCUT2D eigenvalue weighted by Crippen LogP contribution is 2.29. The fourth-order valence-electron chi connectivity index (χ4n) is 1.80. The van der Waals surface area contributed by atoms with E-state index in [2.05, 4.69) is 39.3 Å². The highest BCUT2D eigenvalue weighted by Gasteiger charge is 2.08. The maximum Gasteiger partial charge on any atom is 0.0693 e. The van der Waals surface area contributed by atoms with Crippen LogP contribution in [0, 0.1) is 0 Å². The van der Waals surface area contributed by atoms with Crippen molar-refractivity contribution in [2.24, 2.45) is 0 Å². The average Bonchev–Trinajstić information content (AvgIpc) is 2.71. The average molecular weight is 380 g/mol. The number of hydrogen-bond donors (Lipinski definition) is 1. The second kappa shape index (κ2) is 6.46. The molecule has 0 atom stereocenters. The molecule has 2 rings (SSSR count). The van der Waals surface area contributed by atoms with Crippen LogP contribution in [0.5, 0.6) is 0 Å². The van der Waals surface area contributed by atoms with Crippen molar-refractivity contribution in [3.05, 3.63) is 48.5 Å². The maximum atomic E-state index is 6.03. The molecule has 6 heteroatoms. The highest BCUT2D eigenvalue weighted by atomic mass is 79.9. The third-order valence-corrected chi connectivity index (χ3v) is 4.95. The van der Waals surface area contributed by atoms with Crippen molar-refractivity contribution in [2.45, 2.75) is 13.1 Å². The smallest absolute Gasteiger partial charge is 0.0693 e. The van der Waals surface area contributed by atoms with E-state index in [1.165, 1.54) is 4.88 Å². The number of halogens is 3. The van der Waals surface area contributed by atoms with Gasteiger partial charge in [0.05, 0.1) is 15.7 Å². The van der Waals surface area contributed by atoms with Crippen molar-refractivity contribution in [3.8, 4) is 0 Å². The van der Waals surface area contributed by atoms with Gasteiger partial charge in [-0.05, 0) is 46.7 Å². The number of thiophene rings is 1. The fourth-order valence-corrected chi connectivity index (χ4v) is 3.86. The lowest BCUT2D eigenvalue weighted by Crippen LogP contribution is -2.16. The monoisotopic (exact) mass is 378 g/mol. The van der Waals surface area contributed by atoms with Crippen molar-refractivity contribution in [1.29, 1.82) is 0 Å². The van der Waals surface area contributed by atoms with Crippen LogP contribution < -0.4 is 5.73 Å². The summed E-state index contributed by atoms with van der Waals surface area (Å²) in [6.45, 7) is 1.66. The molecular weight excluding hydrogens is 367 g/mol. The van der Waals surface area contributed by atoms with Crippen molar-refractivity contribution in [3.63, 3.8) is 0 Å². The van der Waals surface area contributed by atoms with Gasteiger partial charge in [0, 0.05) is 27.8 Å². The number of benzene rings is 1. The van der Waals surface area contributed by atoms with Gasteiger partial charge in [0.25, 0.3) is 0 Å². The van der Waals surface area contributed by atoms with Gasteiger partial charge < -0.3 is 5.73 Å². The predicted octanol–water partition coefficient (Wildman–Crippen LogP) is 5.03. The normalized spacial score (nSPS) is 11.2. The van der Waals surface area contributed by atoms with Gasteiger partial charge in [-0.15, -0.1) is 11.3 Å². The Morgan fingerprint density at radius 2 is 1.84 bits per heavy atom. The van der Waals surface area contributed by atoms with Crippen molar-refractivity contribution < 1.29 is 0 Å². The molecule has 0 aliphatic carbocycles. The minimum atomic E-state index is 0.442. The van der Waals surface area contributed by atoms with E-state index in [1.54, 1.807) is 11.3 Å². The van der Waals surface area contributed by atoms with E-state index in [-0.39, 0.29) is 0 Å². The molecule has 0 radical (unpaired) electrons. The maximum absolute atomic E-state index is 6.03. The molecular formula is C13H13BrCl2N2S. The molecule has 1 aromatic heterocycles. The Bertz CT molecular complexity index is 563. The zero-order valence-corrected chi connectivity index (χ0v) is 14.2. The first-order valence-corrected chi connectivity index (χ1v) is 8.03. The number of nitrogens with two attached hydrogens (primary N) is 1. The molecule has 102 valence electrons. The molecule has 0 unspecified atom stereocenters. The summed E-state index contributed by atoms with van der Waals surface area (Å²) >= 11 is 17.3. The zero-order chi connectivity index (χ0) is 14.0. The summed E-state index contributed by atoms with van der Waals surface area (Å²) in [5.74, 6) is 0. The van der Waals surface area contributed by atoms with Crippen molar-refractivity contribution >= 4 is 56.2 Å². The van der Waals surface area contributed by atoms with Crippen LogP contribution in [0.2, 0.25) is 10.0 Å². The SMILES string of the molecule is CN(Cc1cc(Cl)c(N)c(Cl)c1)Cc1cc(Br)cs1. The number of nitrogens with zero attached hydrogens (tertiary/aromatic N) is 1. The lowest BCUT2D eigenvalue weighted by molar-refractivity contribution is 0.322. The van der Waals surface area contributed by atoms with Crippen LogP contribution >= 0.6 is 50.5 Å². The molecule has 0 aliphatic heterocycles. The largest absolute Gasteiger partial charge is 0.396 e. The number of hydrogen-bond acceptors (Lipinski definition) is 3. The lowest BCUT2D eigenvalue weighted by Gasteiger charge is -2.16. The van der Waals surface area contributed by atoms with Crippen LogP contribution in [-0.4, -0.2) is 11.9 Å². The molecule has 1 aromatic carbocycles. The second-order valence-corrected chi connectivity index (χ2v) is 7.10. The van der Waals surface area contributed by atoms with E-state index >= 15 is 0 Å². The third-order valence-electron chi connectivity index (χ3n) is 2.64. The molecule has 0 fully saturated rings. The minimum Gasteiger partial charge on any atom is -0.396 e. The van der Waals surface area contributed by atoms with Crippen LogP contribution in [-0.2, 0) is 13.1 Å². The quantitative estimate of drug-likeness (QED) is 0.754. The van der Waals surface area contributed by atoms with Crippen LogP contribution in [0.1, 0.15) is 10.4 Å². The Kier molecular flexibility index (Phi) is 5.15. The lowest BCUT2D eigenvalue weighted by atomic mass is 10.2. The van der Waals surface area contributed by atoms with Gasteiger partial charge in [0.1, 0.15) is 0 Å². The van der Waals surface area contributed by atoms with E-state index in [9.17, 15) is 0 Å². The van der Waals surface area contributed by atoms with E-state index in [0.717, 1.165) is 23.1 Å². The van der Waals surface area contributed by atoms with E-state index < -0.39 is 0 Å². The molecule has 1 heterocycles. The molecule has 2 N–H and O–H groups in total. The second-order valence-electron chi connectivity index (χ2n) is 4.38. The Morgan fingerprint density at radius 1 is 1.21 bits per heavy atom. The topological polar surface area (TPSA) is 29.3 Å². The number of nitrogen functional groups attached to an aromatic ring is 1. The van der Waals surface area contributed by atoms with E-state index in [4.69, 9.17) is 28.9 Å². The van der Waals surface area contributed by atoms with E-state index in [1.807, 2.05) is 12.1 Å². The van der Waals surface area contributed by atoms with E-state index in [0.29, 0.717) is 15.7 Å². The highest BCUT2D eigenvalue weighted by molar-refractivity contribution is 9.10. The summed E-state index contributed by atoms with van der Waals surface area (Å²) in [7, 11) is 2.06. The molecule has 0 aliphatic rings.